The third kappa shape index (κ3) is 8.95. The number of nitrogens with zero attached hydrogens (tertiary/aromatic N) is 2. The normalized spacial score (nSPS) is 13.6. The second-order valence-corrected chi connectivity index (χ2v) is 5.82. The van der Waals surface area contributed by atoms with Crippen LogP contribution in [0.3, 0.4) is 0 Å². The number of benzene rings is 1. The Morgan fingerprint density at radius 1 is 1.44 bits per heavy atom. The summed E-state index contributed by atoms with van der Waals surface area (Å²) in [5, 5.41) is 3.30. The predicted molar refractivity (Wildman–Crippen MR) is 95.9 cm³/mol. The van der Waals surface area contributed by atoms with Gasteiger partial charge >= 0.3 is 0 Å². The van der Waals surface area contributed by atoms with E-state index in [1.165, 1.54) is 12.4 Å². The maximum absolute atomic E-state index is 12.8. The minimum absolute atomic E-state index is 0.0762. The molecule has 1 unspecified atom stereocenters. The number of carbonyl (C=O) groups is 1. The Hall–Kier alpha value is -2.28. The summed E-state index contributed by atoms with van der Waals surface area (Å²) in [4.78, 5) is 19.8. The van der Waals surface area contributed by atoms with Crippen LogP contribution in [0, 0.1) is 0 Å². The molecule has 0 aromatic heterocycles. The second-order valence-electron chi connectivity index (χ2n) is 5.38. The molecule has 8 heteroatoms. The molecule has 0 saturated carbocycles. The molecule has 136 valence electrons. The van der Waals surface area contributed by atoms with Gasteiger partial charge in [-0.15, -0.1) is 0 Å². The highest BCUT2D eigenvalue weighted by molar-refractivity contribution is 6.30. The van der Waals surface area contributed by atoms with E-state index in [0.717, 1.165) is 6.92 Å². The number of aliphatic imine (C=N–C) groups is 2. The molecule has 0 aliphatic carbocycles. The van der Waals surface area contributed by atoms with Crippen molar-refractivity contribution < 1.29 is 18.3 Å². The van der Waals surface area contributed by atoms with Gasteiger partial charge in [-0.2, -0.15) is 0 Å². The van der Waals surface area contributed by atoms with E-state index in [4.69, 9.17) is 16.3 Å². The number of amides is 1. The van der Waals surface area contributed by atoms with E-state index in [1.54, 1.807) is 31.2 Å². The molecule has 1 aromatic carbocycles. The number of hydrogen-bond donors (Lipinski definition) is 1. The molecule has 5 nitrogen and oxygen atoms in total. The van der Waals surface area contributed by atoms with Crippen molar-refractivity contribution in [2.24, 2.45) is 9.98 Å². The first-order valence-electron chi connectivity index (χ1n) is 7.47. The Labute approximate surface area is 150 Å². The van der Waals surface area contributed by atoms with Crippen LogP contribution in [-0.2, 0) is 4.74 Å². The molecular formula is C17H20ClF2N3O2. The first-order valence-corrected chi connectivity index (χ1v) is 7.84. The zero-order valence-corrected chi connectivity index (χ0v) is 14.8. The molecule has 25 heavy (non-hydrogen) atoms. The Balaban J connectivity index is 2.52. The van der Waals surface area contributed by atoms with Crippen LogP contribution in [0.1, 0.15) is 24.2 Å². The van der Waals surface area contributed by atoms with Crippen LogP contribution >= 0.6 is 11.6 Å². The number of rotatable bonds is 8. The van der Waals surface area contributed by atoms with Crippen LogP contribution in [0.5, 0.6) is 0 Å². The lowest BCUT2D eigenvalue weighted by atomic mass is 10.2. The van der Waals surface area contributed by atoms with Crippen molar-refractivity contribution in [1.82, 2.24) is 5.32 Å². The summed E-state index contributed by atoms with van der Waals surface area (Å²) in [5.41, 5.74) is 0.475. The summed E-state index contributed by atoms with van der Waals surface area (Å²) in [6.07, 6.45) is 2.39. The van der Waals surface area contributed by atoms with Gasteiger partial charge in [0.05, 0.1) is 12.8 Å². The zero-order chi connectivity index (χ0) is 18.9. The number of halogens is 3. The lowest BCUT2D eigenvalue weighted by Gasteiger charge is -2.12. The molecule has 0 aliphatic rings. The van der Waals surface area contributed by atoms with Crippen molar-refractivity contribution in [2.45, 2.75) is 25.8 Å². The van der Waals surface area contributed by atoms with E-state index in [2.05, 4.69) is 21.9 Å². The van der Waals surface area contributed by atoms with Gasteiger partial charge in [-0.05, 0) is 31.2 Å². The number of nitrogens with one attached hydrogen (secondary N) is 1. The molecule has 1 N–H and O–H groups in total. The first-order chi connectivity index (χ1) is 11.7. The van der Waals surface area contributed by atoms with Gasteiger partial charge in [-0.25, -0.2) is 13.8 Å². The summed E-state index contributed by atoms with van der Waals surface area (Å²) < 4.78 is 30.5. The van der Waals surface area contributed by atoms with Crippen LogP contribution in [0.2, 0.25) is 5.02 Å². The van der Waals surface area contributed by atoms with Gasteiger partial charge in [-0.3, -0.25) is 9.79 Å². The molecule has 0 bridgehead atoms. The topological polar surface area (TPSA) is 63.0 Å². The smallest absolute Gasteiger partial charge is 0.278 e. The molecule has 1 rings (SSSR count). The summed E-state index contributed by atoms with van der Waals surface area (Å²) in [5.74, 6) is -3.32. The van der Waals surface area contributed by atoms with Gasteiger partial charge in [0.25, 0.3) is 11.8 Å². The molecule has 1 atom stereocenters. The zero-order valence-electron chi connectivity index (χ0n) is 14.0. The van der Waals surface area contributed by atoms with E-state index in [1.807, 2.05) is 0 Å². The van der Waals surface area contributed by atoms with Gasteiger partial charge in [0.15, 0.2) is 6.61 Å². The number of alkyl halides is 2. The minimum atomic E-state index is -2.98. The van der Waals surface area contributed by atoms with Crippen LogP contribution in [0.15, 0.2) is 47.0 Å². The minimum Gasteiger partial charge on any atom is -0.470 e. The average molecular weight is 372 g/mol. The van der Waals surface area contributed by atoms with Crippen molar-refractivity contribution in [3.63, 3.8) is 0 Å². The third-order valence-electron chi connectivity index (χ3n) is 2.76. The Morgan fingerprint density at radius 2 is 2.08 bits per heavy atom. The first kappa shape index (κ1) is 20.8. The Kier molecular flexibility index (Phi) is 8.21. The average Bonchev–Trinajstić information content (AvgIpc) is 2.52. The highest BCUT2D eigenvalue weighted by Gasteiger charge is 2.22. The van der Waals surface area contributed by atoms with E-state index >= 15 is 0 Å². The van der Waals surface area contributed by atoms with E-state index < -0.39 is 12.5 Å². The monoisotopic (exact) mass is 371 g/mol. The van der Waals surface area contributed by atoms with Crippen LogP contribution in [0.25, 0.3) is 0 Å². The van der Waals surface area contributed by atoms with E-state index in [-0.39, 0.29) is 24.4 Å². The van der Waals surface area contributed by atoms with Gasteiger partial charge < -0.3 is 10.1 Å². The highest BCUT2D eigenvalue weighted by atomic mass is 35.5. The van der Waals surface area contributed by atoms with Crippen molar-refractivity contribution in [2.75, 3.05) is 13.2 Å². The van der Waals surface area contributed by atoms with Crippen molar-refractivity contribution in [3.05, 3.63) is 47.6 Å². The largest absolute Gasteiger partial charge is 0.470 e. The van der Waals surface area contributed by atoms with Crippen LogP contribution < -0.4 is 5.32 Å². The number of carbonyl (C=O) groups excluding carboxylic acids is 1. The molecule has 1 amide bonds. The van der Waals surface area contributed by atoms with Gasteiger partial charge in [-0.1, -0.05) is 18.2 Å². The number of ether oxygens (including phenoxy) is 1. The summed E-state index contributed by atoms with van der Waals surface area (Å²) >= 11 is 5.77. The molecule has 0 saturated heterocycles. The molecule has 0 heterocycles. The highest BCUT2D eigenvalue weighted by Crippen LogP contribution is 2.11. The maximum atomic E-state index is 12.8. The van der Waals surface area contributed by atoms with Gasteiger partial charge in [0, 0.05) is 29.8 Å². The standard InChI is InChI=1S/C17H20ClF2N3O2/c1-4-22-15(25-11-17(3,19)20)10-21-9-12(2)23-16(24)13-5-7-14(18)8-6-13/h4-8,10,12H,1,9,11H2,2-3H3,(H,23,24)/b21-10-,22-15+. The molecule has 0 aliphatic heterocycles. The fourth-order valence-corrected chi connectivity index (χ4v) is 1.77. The Bertz CT molecular complexity index is 640. The van der Waals surface area contributed by atoms with Crippen molar-refractivity contribution in [1.29, 1.82) is 0 Å². The summed E-state index contributed by atoms with van der Waals surface area (Å²) in [6, 6.07) is 6.19. The van der Waals surface area contributed by atoms with Gasteiger partial charge in [0.1, 0.15) is 0 Å². The maximum Gasteiger partial charge on any atom is 0.278 e. The second kappa shape index (κ2) is 9.88. The van der Waals surface area contributed by atoms with E-state index in [0.29, 0.717) is 10.6 Å². The molecule has 0 radical (unpaired) electrons. The van der Waals surface area contributed by atoms with Crippen molar-refractivity contribution >= 4 is 29.6 Å². The lowest BCUT2D eigenvalue weighted by Crippen LogP contribution is -2.34. The molecule has 0 spiro atoms. The molecule has 1 aromatic rings. The number of hydrogen-bond acceptors (Lipinski definition) is 4. The fraction of sp³-hybridized carbons (Fsp3) is 0.353. The quantitative estimate of drug-likeness (QED) is 0.559. The SMILES string of the molecule is C=C/N=C(\C=N/CC(C)NC(=O)c1ccc(Cl)cc1)OCC(C)(F)F. The van der Waals surface area contributed by atoms with Crippen molar-refractivity contribution in [3.8, 4) is 0 Å². The van der Waals surface area contributed by atoms with E-state index in [9.17, 15) is 13.6 Å². The summed E-state index contributed by atoms with van der Waals surface area (Å²) in [6.45, 7) is 5.30. The third-order valence-corrected chi connectivity index (χ3v) is 3.01. The fourth-order valence-electron chi connectivity index (χ4n) is 1.64. The van der Waals surface area contributed by atoms with Gasteiger partial charge in [0.2, 0.25) is 5.90 Å². The summed E-state index contributed by atoms with van der Waals surface area (Å²) in [7, 11) is 0. The molecular weight excluding hydrogens is 352 g/mol. The van der Waals surface area contributed by atoms with Crippen LogP contribution in [-0.4, -0.2) is 43.1 Å². The Morgan fingerprint density at radius 3 is 2.64 bits per heavy atom. The predicted octanol–water partition coefficient (Wildman–Crippen LogP) is 3.74. The molecule has 0 fully saturated rings. The lowest BCUT2D eigenvalue weighted by molar-refractivity contribution is -0.0261. The van der Waals surface area contributed by atoms with Crippen LogP contribution in [0.4, 0.5) is 8.78 Å².